The lowest BCUT2D eigenvalue weighted by molar-refractivity contribution is -0.130. The molecule has 1 fully saturated rings. The number of carbonyl (C=O) groups excluding carboxylic acids is 4. The second-order valence-corrected chi connectivity index (χ2v) is 8.14. The zero-order chi connectivity index (χ0) is 22.2. The standard InChI is InChI=1S/C21H22BrN3O5/c1-5-30-18(27)16-11(2)17(23-12(16)3)15(26)10-25-19(28)21(4,24-20(25)29)13-7-6-8-14(22)9-13/h6-9,23H,5,10H2,1-4H3,(H,24,29). The van der Waals surface area contributed by atoms with Crippen LogP contribution in [0.5, 0.6) is 0 Å². The van der Waals surface area contributed by atoms with Crippen molar-refractivity contribution in [3.63, 3.8) is 0 Å². The fourth-order valence-electron chi connectivity index (χ4n) is 3.60. The molecule has 2 N–H and O–H groups in total. The predicted octanol–water partition coefficient (Wildman–Crippen LogP) is 3.22. The Bertz CT molecular complexity index is 1060. The maximum atomic E-state index is 13.1. The first-order valence-electron chi connectivity index (χ1n) is 9.39. The molecule has 0 saturated carbocycles. The number of aromatic amines is 1. The van der Waals surface area contributed by atoms with E-state index in [-0.39, 0.29) is 17.9 Å². The first-order valence-corrected chi connectivity index (χ1v) is 10.2. The molecule has 1 aliphatic rings. The van der Waals surface area contributed by atoms with E-state index >= 15 is 0 Å². The average Bonchev–Trinajstić information content (AvgIpc) is 3.10. The van der Waals surface area contributed by atoms with Gasteiger partial charge in [0, 0.05) is 10.2 Å². The van der Waals surface area contributed by atoms with E-state index in [0.29, 0.717) is 16.8 Å². The largest absolute Gasteiger partial charge is 0.462 e. The molecule has 1 aromatic carbocycles. The number of hydrogen-bond acceptors (Lipinski definition) is 5. The Morgan fingerprint density at radius 1 is 1.23 bits per heavy atom. The summed E-state index contributed by atoms with van der Waals surface area (Å²) in [4.78, 5) is 54.4. The maximum absolute atomic E-state index is 13.1. The van der Waals surface area contributed by atoms with Gasteiger partial charge in [0.15, 0.2) is 5.78 Å². The number of nitrogens with zero attached hydrogens (tertiary/aromatic N) is 1. The van der Waals surface area contributed by atoms with Crippen LogP contribution in [0.3, 0.4) is 0 Å². The average molecular weight is 476 g/mol. The molecular weight excluding hydrogens is 454 g/mol. The van der Waals surface area contributed by atoms with Gasteiger partial charge in [-0.1, -0.05) is 28.1 Å². The van der Waals surface area contributed by atoms with E-state index in [1.54, 1.807) is 45.9 Å². The van der Waals surface area contributed by atoms with Crippen LogP contribution in [0.1, 0.15) is 51.5 Å². The molecule has 1 aliphatic heterocycles. The number of H-pyrrole nitrogens is 1. The fraction of sp³-hybridized carbons (Fsp3) is 0.333. The maximum Gasteiger partial charge on any atom is 0.340 e. The fourth-order valence-corrected chi connectivity index (χ4v) is 4.00. The number of halogens is 1. The molecular formula is C21H22BrN3O5. The van der Waals surface area contributed by atoms with Crippen LogP contribution in [-0.2, 0) is 15.1 Å². The highest BCUT2D eigenvalue weighted by molar-refractivity contribution is 9.10. The number of aryl methyl sites for hydroxylation is 1. The number of amides is 3. The lowest BCUT2D eigenvalue weighted by Crippen LogP contribution is -2.41. The number of ether oxygens (including phenoxy) is 1. The third kappa shape index (κ3) is 3.65. The van der Waals surface area contributed by atoms with Crippen molar-refractivity contribution in [1.82, 2.24) is 15.2 Å². The Balaban J connectivity index is 1.86. The van der Waals surface area contributed by atoms with Crippen molar-refractivity contribution < 1.29 is 23.9 Å². The molecule has 1 atom stereocenters. The number of aromatic nitrogens is 1. The molecule has 2 heterocycles. The van der Waals surface area contributed by atoms with Gasteiger partial charge in [-0.2, -0.15) is 0 Å². The minimum Gasteiger partial charge on any atom is -0.462 e. The van der Waals surface area contributed by atoms with Crippen LogP contribution >= 0.6 is 15.9 Å². The van der Waals surface area contributed by atoms with E-state index in [1.807, 2.05) is 6.07 Å². The van der Waals surface area contributed by atoms with Crippen molar-refractivity contribution in [3.8, 4) is 0 Å². The van der Waals surface area contributed by atoms with E-state index in [1.165, 1.54) is 0 Å². The Hall–Kier alpha value is -2.94. The number of Topliss-reactive ketones (excluding diaryl/α,β-unsaturated/α-hetero) is 1. The zero-order valence-corrected chi connectivity index (χ0v) is 18.7. The predicted molar refractivity (Wildman–Crippen MR) is 112 cm³/mol. The second-order valence-electron chi connectivity index (χ2n) is 7.23. The minimum absolute atomic E-state index is 0.173. The summed E-state index contributed by atoms with van der Waals surface area (Å²) in [6.07, 6.45) is 0. The third-order valence-electron chi connectivity index (χ3n) is 5.17. The summed E-state index contributed by atoms with van der Waals surface area (Å²) < 4.78 is 5.80. The molecule has 1 saturated heterocycles. The minimum atomic E-state index is -1.28. The van der Waals surface area contributed by atoms with Gasteiger partial charge in [-0.3, -0.25) is 14.5 Å². The number of carbonyl (C=O) groups is 4. The normalized spacial score (nSPS) is 18.5. The Morgan fingerprint density at radius 2 is 1.93 bits per heavy atom. The molecule has 158 valence electrons. The van der Waals surface area contributed by atoms with Crippen molar-refractivity contribution >= 4 is 39.6 Å². The highest BCUT2D eigenvalue weighted by Gasteiger charge is 2.49. The van der Waals surface area contributed by atoms with Gasteiger partial charge in [0.1, 0.15) is 5.54 Å². The van der Waals surface area contributed by atoms with Gasteiger partial charge >= 0.3 is 12.0 Å². The molecule has 1 aromatic heterocycles. The lowest BCUT2D eigenvalue weighted by atomic mass is 9.92. The first-order chi connectivity index (χ1) is 14.1. The van der Waals surface area contributed by atoms with E-state index in [2.05, 4.69) is 26.2 Å². The van der Waals surface area contributed by atoms with Crippen molar-refractivity contribution in [2.24, 2.45) is 0 Å². The van der Waals surface area contributed by atoms with Gasteiger partial charge in [0.25, 0.3) is 5.91 Å². The van der Waals surface area contributed by atoms with Gasteiger partial charge < -0.3 is 15.0 Å². The smallest absolute Gasteiger partial charge is 0.340 e. The topological polar surface area (TPSA) is 109 Å². The number of ketones is 1. The van der Waals surface area contributed by atoms with Crippen LogP contribution in [-0.4, -0.2) is 46.7 Å². The Morgan fingerprint density at radius 3 is 2.57 bits per heavy atom. The monoisotopic (exact) mass is 475 g/mol. The summed E-state index contributed by atoms with van der Waals surface area (Å²) in [5.74, 6) is -1.53. The van der Waals surface area contributed by atoms with Gasteiger partial charge in [-0.25, -0.2) is 9.59 Å². The number of urea groups is 1. The number of rotatable bonds is 6. The van der Waals surface area contributed by atoms with Crippen molar-refractivity contribution in [2.75, 3.05) is 13.2 Å². The van der Waals surface area contributed by atoms with E-state index in [0.717, 1.165) is 9.37 Å². The van der Waals surface area contributed by atoms with Crippen molar-refractivity contribution in [3.05, 3.63) is 56.8 Å². The van der Waals surface area contributed by atoms with Crippen molar-refractivity contribution in [2.45, 2.75) is 33.2 Å². The summed E-state index contributed by atoms with van der Waals surface area (Å²) in [5, 5.41) is 2.68. The van der Waals surface area contributed by atoms with Crippen LogP contribution in [0.2, 0.25) is 0 Å². The molecule has 9 heteroatoms. The second kappa shape index (κ2) is 8.06. The Kier molecular flexibility index (Phi) is 5.85. The number of hydrogen-bond donors (Lipinski definition) is 2. The van der Waals surface area contributed by atoms with Crippen molar-refractivity contribution in [1.29, 1.82) is 0 Å². The zero-order valence-electron chi connectivity index (χ0n) is 17.1. The highest BCUT2D eigenvalue weighted by atomic mass is 79.9. The molecule has 1 unspecified atom stereocenters. The van der Waals surface area contributed by atoms with Gasteiger partial charge in [0.2, 0.25) is 0 Å². The highest BCUT2D eigenvalue weighted by Crippen LogP contribution is 2.30. The SMILES string of the molecule is CCOC(=O)c1c(C)[nH]c(C(=O)CN2C(=O)NC(C)(c3cccc(Br)c3)C2=O)c1C. The number of nitrogens with one attached hydrogen (secondary N) is 2. The van der Waals surface area contributed by atoms with Crippen LogP contribution < -0.4 is 5.32 Å². The van der Waals surface area contributed by atoms with E-state index in [4.69, 9.17) is 4.74 Å². The molecule has 2 aromatic rings. The van der Waals surface area contributed by atoms with E-state index in [9.17, 15) is 19.2 Å². The summed E-state index contributed by atoms with van der Waals surface area (Å²) in [6.45, 7) is 6.35. The molecule has 0 spiro atoms. The molecule has 3 rings (SSSR count). The molecule has 8 nitrogen and oxygen atoms in total. The van der Waals surface area contributed by atoms with Crippen LogP contribution in [0.15, 0.2) is 28.7 Å². The number of esters is 1. The van der Waals surface area contributed by atoms with E-state index < -0.39 is 35.8 Å². The lowest BCUT2D eigenvalue weighted by Gasteiger charge is -2.22. The third-order valence-corrected chi connectivity index (χ3v) is 5.67. The van der Waals surface area contributed by atoms with Crippen LogP contribution in [0.25, 0.3) is 0 Å². The summed E-state index contributed by atoms with van der Waals surface area (Å²) in [7, 11) is 0. The quantitative estimate of drug-likeness (QED) is 0.378. The summed E-state index contributed by atoms with van der Waals surface area (Å²) in [5.41, 5.74) is 0.700. The molecule has 3 amide bonds. The molecule has 0 radical (unpaired) electrons. The number of benzene rings is 1. The Labute approximate surface area is 182 Å². The molecule has 0 bridgehead atoms. The van der Waals surface area contributed by atoms with Gasteiger partial charge in [-0.15, -0.1) is 0 Å². The summed E-state index contributed by atoms with van der Waals surface area (Å²) in [6, 6.07) is 6.40. The molecule has 30 heavy (non-hydrogen) atoms. The van der Waals surface area contributed by atoms with Gasteiger partial charge in [0.05, 0.1) is 24.4 Å². The summed E-state index contributed by atoms with van der Waals surface area (Å²) >= 11 is 3.36. The van der Waals surface area contributed by atoms with Gasteiger partial charge in [-0.05, 0) is 51.0 Å². The van der Waals surface area contributed by atoms with Crippen LogP contribution in [0, 0.1) is 13.8 Å². The molecule has 0 aliphatic carbocycles. The number of imide groups is 1. The first kappa shape index (κ1) is 21.8. The van der Waals surface area contributed by atoms with Crippen LogP contribution in [0.4, 0.5) is 4.79 Å².